The molecule has 0 bridgehead atoms. The van der Waals surface area contributed by atoms with Crippen LogP contribution in [0.3, 0.4) is 0 Å². The summed E-state index contributed by atoms with van der Waals surface area (Å²) in [6, 6.07) is 6.78. The summed E-state index contributed by atoms with van der Waals surface area (Å²) >= 11 is 0. The molecule has 1 aromatic rings. The van der Waals surface area contributed by atoms with Gasteiger partial charge in [-0.3, -0.25) is 4.18 Å². The van der Waals surface area contributed by atoms with E-state index < -0.39 is 10.1 Å². The minimum Gasteiger partial charge on any atom is -0.266 e. The standard InChI is InChI=1S/C18H30O3S/c1-4-5-6-7-8-9-10-17(3)15-21-22(19,20)18-13-11-16(2)12-14-18/h11-14,17H,4-10,15H2,1-3H3. The van der Waals surface area contributed by atoms with Crippen LogP contribution in [0.5, 0.6) is 0 Å². The average Bonchev–Trinajstić information content (AvgIpc) is 2.49. The number of aryl methyl sites for hydroxylation is 1. The third-order valence-electron chi connectivity index (χ3n) is 3.87. The molecule has 4 heteroatoms. The van der Waals surface area contributed by atoms with Crippen LogP contribution >= 0.6 is 0 Å². The fourth-order valence-corrected chi connectivity index (χ4v) is 3.35. The number of hydrogen-bond donors (Lipinski definition) is 0. The van der Waals surface area contributed by atoms with E-state index >= 15 is 0 Å². The lowest BCUT2D eigenvalue weighted by Crippen LogP contribution is -2.13. The lowest BCUT2D eigenvalue weighted by Gasteiger charge is -2.12. The van der Waals surface area contributed by atoms with Gasteiger partial charge in [0.1, 0.15) is 0 Å². The minimum absolute atomic E-state index is 0.241. The average molecular weight is 327 g/mol. The molecule has 126 valence electrons. The number of benzene rings is 1. The second kappa shape index (κ2) is 10.0. The van der Waals surface area contributed by atoms with Crippen molar-refractivity contribution in [2.24, 2.45) is 5.92 Å². The van der Waals surface area contributed by atoms with Gasteiger partial charge in [0.25, 0.3) is 10.1 Å². The third kappa shape index (κ3) is 7.41. The highest BCUT2D eigenvalue weighted by molar-refractivity contribution is 7.86. The molecular formula is C18H30O3S. The van der Waals surface area contributed by atoms with E-state index in [1.165, 1.54) is 32.1 Å². The Morgan fingerprint density at radius 2 is 1.59 bits per heavy atom. The molecule has 0 fully saturated rings. The first-order valence-electron chi connectivity index (χ1n) is 8.42. The fraction of sp³-hybridized carbons (Fsp3) is 0.667. The van der Waals surface area contributed by atoms with Gasteiger partial charge in [-0.05, 0) is 31.4 Å². The number of hydrogen-bond acceptors (Lipinski definition) is 3. The van der Waals surface area contributed by atoms with Crippen molar-refractivity contribution in [2.45, 2.75) is 70.6 Å². The zero-order valence-corrected chi connectivity index (χ0v) is 15.0. The van der Waals surface area contributed by atoms with Crippen LogP contribution in [-0.2, 0) is 14.3 Å². The molecule has 0 aliphatic heterocycles. The van der Waals surface area contributed by atoms with Gasteiger partial charge in [-0.15, -0.1) is 0 Å². The predicted octanol–water partition coefficient (Wildman–Crippen LogP) is 5.09. The topological polar surface area (TPSA) is 43.4 Å². The molecule has 0 heterocycles. The van der Waals surface area contributed by atoms with Crippen LogP contribution in [0.1, 0.15) is 64.4 Å². The molecular weight excluding hydrogens is 296 g/mol. The van der Waals surface area contributed by atoms with E-state index in [9.17, 15) is 8.42 Å². The molecule has 0 N–H and O–H groups in total. The SMILES string of the molecule is CCCCCCCCC(C)COS(=O)(=O)c1ccc(C)cc1. The van der Waals surface area contributed by atoms with E-state index in [1.807, 2.05) is 6.92 Å². The Balaban J connectivity index is 2.28. The molecule has 22 heavy (non-hydrogen) atoms. The summed E-state index contributed by atoms with van der Waals surface area (Å²) in [5, 5.41) is 0. The van der Waals surface area contributed by atoms with Gasteiger partial charge in [-0.1, -0.05) is 70.1 Å². The van der Waals surface area contributed by atoms with Crippen molar-refractivity contribution in [3.63, 3.8) is 0 Å². The molecule has 0 saturated heterocycles. The van der Waals surface area contributed by atoms with Crippen LogP contribution < -0.4 is 0 Å². The zero-order valence-electron chi connectivity index (χ0n) is 14.2. The van der Waals surface area contributed by atoms with Crippen molar-refractivity contribution < 1.29 is 12.6 Å². The molecule has 0 aliphatic carbocycles. The summed E-state index contributed by atoms with van der Waals surface area (Å²) in [5.74, 6) is 0.270. The van der Waals surface area contributed by atoms with Crippen molar-refractivity contribution in [3.8, 4) is 0 Å². The Morgan fingerprint density at radius 1 is 1.00 bits per heavy atom. The summed E-state index contributed by atoms with van der Waals surface area (Å²) < 4.78 is 29.3. The minimum atomic E-state index is -3.61. The van der Waals surface area contributed by atoms with Gasteiger partial charge in [-0.25, -0.2) is 0 Å². The quantitative estimate of drug-likeness (QED) is 0.420. The third-order valence-corrected chi connectivity index (χ3v) is 5.16. The number of rotatable bonds is 11. The second-order valence-corrected chi connectivity index (χ2v) is 7.83. The fourth-order valence-electron chi connectivity index (χ4n) is 2.34. The van der Waals surface area contributed by atoms with Crippen LogP contribution in [0.15, 0.2) is 29.2 Å². The van der Waals surface area contributed by atoms with E-state index in [0.717, 1.165) is 18.4 Å². The van der Waals surface area contributed by atoms with E-state index in [4.69, 9.17) is 4.18 Å². The smallest absolute Gasteiger partial charge is 0.266 e. The summed E-state index contributed by atoms with van der Waals surface area (Å²) in [4.78, 5) is 0.241. The largest absolute Gasteiger partial charge is 0.296 e. The molecule has 0 aliphatic rings. The Hall–Kier alpha value is -0.870. The van der Waals surface area contributed by atoms with Gasteiger partial charge in [0.05, 0.1) is 11.5 Å². The van der Waals surface area contributed by atoms with Crippen molar-refractivity contribution in [1.82, 2.24) is 0 Å². The maximum atomic E-state index is 12.1. The van der Waals surface area contributed by atoms with Crippen LogP contribution in [0.4, 0.5) is 0 Å². The Labute approximate surface area is 136 Å². The zero-order chi connectivity index (χ0) is 16.4. The van der Waals surface area contributed by atoms with Crippen LogP contribution in [0.2, 0.25) is 0 Å². The van der Waals surface area contributed by atoms with E-state index in [0.29, 0.717) is 0 Å². The maximum absolute atomic E-state index is 12.1. The Bertz CT molecular complexity index is 506. The van der Waals surface area contributed by atoms with Gasteiger partial charge in [0.2, 0.25) is 0 Å². The maximum Gasteiger partial charge on any atom is 0.296 e. The van der Waals surface area contributed by atoms with E-state index in [2.05, 4.69) is 13.8 Å². The lowest BCUT2D eigenvalue weighted by molar-refractivity contribution is 0.253. The van der Waals surface area contributed by atoms with E-state index in [-0.39, 0.29) is 17.4 Å². The molecule has 1 unspecified atom stereocenters. The summed E-state index contributed by atoms with van der Waals surface area (Å²) in [6.45, 7) is 6.47. The van der Waals surface area contributed by atoms with Crippen molar-refractivity contribution in [2.75, 3.05) is 6.61 Å². The van der Waals surface area contributed by atoms with Crippen LogP contribution in [0, 0.1) is 12.8 Å². The van der Waals surface area contributed by atoms with Gasteiger partial charge in [0.15, 0.2) is 0 Å². The summed E-state index contributed by atoms with van der Waals surface area (Å²) in [6.07, 6.45) is 8.57. The first-order valence-corrected chi connectivity index (χ1v) is 9.82. The highest BCUT2D eigenvalue weighted by atomic mass is 32.2. The van der Waals surface area contributed by atoms with Crippen molar-refractivity contribution >= 4 is 10.1 Å². The van der Waals surface area contributed by atoms with Crippen LogP contribution in [-0.4, -0.2) is 15.0 Å². The monoisotopic (exact) mass is 326 g/mol. The second-order valence-electron chi connectivity index (χ2n) is 6.21. The molecule has 0 spiro atoms. The van der Waals surface area contributed by atoms with Crippen LogP contribution in [0.25, 0.3) is 0 Å². The van der Waals surface area contributed by atoms with Gasteiger partial charge in [-0.2, -0.15) is 8.42 Å². The van der Waals surface area contributed by atoms with Gasteiger partial charge in [0, 0.05) is 0 Å². The highest BCUT2D eigenvalue weighted by Crippen LogP contribution is 2.17. The molecule has 0 aromatic heterocycles. The normalized spacial score (nSPS) is 13.2. The van der Waals surface area contributed by atoms with Crippen molar-refractivity contribution in [3.05, 3.63) is 29.8 Å². The summed E-state index contributed by atoms with van der Waals surface area (Å²) in [5.41, 5.74) is 1.04. The molecule has 0 radical (unpaired) electrons. The molecule has 1 rings (SSSR count). The molecule has 0 saturated carbocycles. The first-order chi connectivity index (χ1) is 10.5. The molecule has 1 atom stereocenters. The molecule has 3 nitrogen and oxygen atoms in total. The predicted molar refractivity (Wildman–Crippen MR) is 91.5 cm³/mol. The summed E-state index contributed by atoms with van der Waals surface area (Å²) in [7, 11) is -3.61. The first kappa shape index (κ1) is 19.2. The van der Waals surface area contributed by atoms with Gasteiger partial charge >= 0.3 is 0 Å². The van der Waals surface area contributed by atoms with Crippen molar-refractivity contribution in [1.29, 1.82) is 0 Å². The lowest BCUT2D eigenvalue weighted by atomic mass is 10.0. The Morgan fingerprint density at radius 3 is 2.23 bits per heavy atom. The van der Waals surface area contributed by atoms with E-state index in [1.54, 1.807) is 24.3 Å². The highest BCUT2D eigenvalue weighted by Gasteiger charge is 2.16. The molecule has 1 aromatic carbocycles. The molecule has 0 amide bonds. The Kier molecular flexibility index (Phi) is 8.72. The van der Waals surface area contributed by atoms with Gasteiger partial charge < -0.3 is 0 Å². The number of unbranched alkanes of at least 4 members (excludes halogenated alkanes) is 5.